The molecule has 0 rings (SSSR count). The van der Waals surface area contributed by atoms with E-state index < -0.39 is 6.10 Å². The van der Waals surface area contributed by atoms with Crippen molar-refractivity contribution in [2.24, 2.45) is 0 Å². The molecule has 1 atom stereocenters. The summed E-state index contributed by atoms with van der Waals surface area (Å²) in [4.78, 5) is 11.2. The quantitative estimate of drug-likeness (QED) is 0.414. The van der Waals surface area contributed by atoms with Crippen LogP contribution in [0, 0.1) is 0 Å². The molecule has 0 radical (unpaired) electrons. The van der Waals surface area contributed by atoms with Gasteiger partial charge in [-0.1, -0.05) is 6.92 Å². The molecular weight excluding hydrogens is 236 g/mol. The predicted molar refractivity (Wildman–Crippen MR) is 69.5 cm³/mol. The zero-order valence-corrected chi connectivity index (χ0v) is 11.4. The van der Waals surface area contributed by atoms with Crippen molar-refractivity contribution in [3.05, 3.63) is 0 Å². The summed E-state index contributed by atoms with van der Waals surface area (Å²) in [6, 6.07) is 0. The van der Waals surface area contributed by atoms with Crippen molar-refractivity contribution in [2.45, 2.75) is 25.9 Å². The summed E-state index contributed by atoms with van der Waals surface area (Å²) < 4.78 is 9.99. The maximum Gasteiger partial charge on any atom is 0.221 e. The third kappa shape index (κ3) is 11.8. The van der Waals surface area contributed by atoms with E-state index in [-0.39, 0.29) is 12.5 Å². The van der Waals surface area contributed by atoms with Crippen molar-refractivity contribution in [1.29, 1.82) is 0 Å². The number of methoxy groups -OCH3 is 1. The molecule has 1 unspecified atom stereocenters. The van der Waals surface area contributed by atoms with Gasteiger partial charge in [0, 0.05) is 33.2 Å². The average Bonchev–Trinajstić information content (AvgIpc) is 2.37. The summed E-state index contributed by atoms with van der Waals surface area (Å²) in [7, 11) is 1.60. The summed E-state index contributed by atoms with van der Waals surface area (Å²) in [6.45, 7) is 5.00. The number of aliphatic hydroxyl groups is 1. The first-order valence-electron chi connectivity index (χ1n) is 6.42. The molecule has 0 fully saturated rings. The number of hydrogen-bond acceptors (Lipinski definition) is 5. The fourth-order valence-electron chi connectivity index (χ4n) is 1.24. The Morgan fingerprint density at radius 1 is 1.33 bits per heavy atom. The van der Waals surface area contributed by atoms with Gasteiger partial charge in [-0.05, 0) is 6.42 Å². The van der Waals surface area contributed by atoms with Crippen LogP contribution in [0.25, 0.3) is 0 Å². The van der Waals surface area contributed by atoms with Crippen LogP contribution >= 0.6 is 0 Å². The van der Waals surface area contributed by atoms with Gasteiger partial charge >= 0.3 is 0 Å². The summed E-state index contributed by atoms with van der Waals surface area (Å²) in [5.41, 5.74) is 0. The summed E-state index contributed by atoms with van der Waals surface area (Å²) >= 11 is 0. The fourth-order valence-corrected chi connectivity index (χ4v) is 1.24. The Bertz CT molecular complexity index is 203. The van der Waals surface area contributed by atoms with Crippen LogP contribution in [0.2, 0.25) is 0 Å². The first-order chi connectivity index (χ1) is 8.70. The van der Waals surface area contributed by atoms with Crippen LogP contribution in [0.4, 0.5) is 0 Å². The normalized spacial score (nSPS) is 12.4. The lowest BCUT2D eigenvalue weighted by Gasteiger charge is -2.12. The van der Waals surface area contributed by atoms with E-state index in [4.69, 9.17) is 9.47 Å². The molecule has 0 aliphatic carbocycles. The highest BCUT2D eigenvalue weighted by atomic mass is 16.5. The van der Waals surface area contributed by atoms with Crippen LogP contribution in [0.5, 0.6) is 0 Å². The van der Waals surface area contributed by atoms with Crippen molar-refractivity contribution >= 4 is 5.91 Å². The van der Waals surface area contributed by atoms with E-state index in [9.17, 15) is 9.90 Å². The van der Waals surface area contributed by atoms with Crippen molar-refractivity contribution in [3.63, 3.8) is 0 Å². The lowest BCUT2D eigenvalue weighted by atomic mass is 10.3. The smallest absolute Gasteiger partial charge is 0.221 e. The molecule has 0 bridgehead atoms. The van der Waals surface area contributed by atoms with E-state index in [1.165, 1.54) is 0 Å². The molecule has 108 valence electrons. The Morgan fingerprint density at radius 2 is 2.11 bits per heavy atom. The molecule has 6 nitrogen and oxygen atoms in total. The van der Waals surface area contributed by atoms with E-state index >= 15 is 0 Å². The average molecular weight is 262 g/mol. The SMILES string of the molecule is CCCNC(=O)CCNCC(O)COCCOC. The van der Waals surface area contributed by atoms with Crippen molar-refractivity contribution in [2.75, 3.05) is 46.6 Å². The molecule has 0 spiro atoms. The minimum Gasteiger partial charge on any atom is -0.389 e. The first kappa shape index (κ1) is 17.3. The van der Waals surface area contributed by atoms with Gasteiger partial charge in [-0.15, -0.1) is 0 Å². The summed E-state index contributed by atoms with van der Waals surface area (Å²) in [6.07, 6.45) is 0.814. The number of hydrogen-bond donors (Lipinski definition) is 3. The second-order valence-electron chi connectivity index (χ2n) is 4.03. The van der Waals surface area contributed by atoms with Crippen molar-refractivity contribution in [1.82, 2.24) is 10.6 Å². The van der Waals surface area contributed by atoms with E-state index in [1.54, 1.807) is 7.11 Å². The second kappa shape index (κ2) is 12.8. The topological polar surface area (TPSA) is 79.8 Å². The van der Waals surface area contributed by atoms with Crippen LogP contribution in [-0.4, -0.2) is 63.7 Å². The largest absolute Gasteiger partial charge is 0.389 e. The molecule has 0 aromatic heterocycles. The third-order valence-corrected chi connectivity index (χ3v) is 2.22. The molecule has 0 heterocycles. The van der Waals surface area contributed by atoms with Crippen LogP contribution in [0.15, 0.2) is 0 Å². The van der Waals surface area contributed by atoms with E-state index in [2.05, 4.69) is 10.6 Å². The Morgan fingerprint density at radius 3 is 2.78 bits per heavy atom. The van der Waals surface area contributed by atoms with Crippen LogP contribution in [0.1, 0.15) is 19.8 Å². The standard InChI is InChI=1S/C12H26N2O4/c1-3-5-14-12(16)4-6-13-9-11(15)10-18-8-7-17-2/h11,13,15H,3-10H2,1-2H3,(H,14,16). The maximum absolute atomic E-state index is 11.2. The zero-order valence-electron chi connectivity index (χ0n) is 11.4. The highest BCUT2D eigenvalue weighted by Crippen LogP contribution is 1.85. The van der Waals surface area contributed by atoms with Crippen LogP contribution in [-0.2, 0) is 14.3 Å². The van der Waals surface area contributed by atoms with Crippen LogP contribution < -0.4 is 10.6 Å². The molecule has 0 aliphatic heterocycles. The van der Waals surface area contributed by atoms with E-state index in [1.807, 2.05) is 6.92 Å². The van der Waals surface area contributed by atoms with Crippen LogP contribution in [0.3, 0.4) is 0 Å². The number of ether oxygens (including phenoxy) is 2. The van der Waals surface area contributed by atoms with Gasteiger partial charge in [-0.2, -0.15) is 0 Å². The second-order valence-corrected chi connectivity index (χ2v) is 4.03. The van der Waals surface area contributed by atoms with Gasteiger partial charge in [-0.25, -0.2) is 0 Å². The molecular formula is C12H26N2O4. The Labute approximate surface area is 109 Å². The molecule has 0 aliphatic rings. The molecule has 3 N–H and O–H groups in total. The molecule has 1 amide bonds. The molecule has 0 aromatic rings. The minimum atomic E-state index is -0.555. The summed E-state index contributed by atoms with van der Waals surface area (Å²) in [5.74, 6) is 0.0372. The molecule has 0 saturated carbocycles. The van der Waals surface area contributed by atoms with E-state index in [0.29, 0.717) is 32.7 Å². The predicted octanol–water partition coefficient (Wildman–Crippen LogP) is -0.484. The number of carbonyl (C=O) groups excluding carboxylic acids is 1. The third-order valence-electron chi connectivity index (χ3n) is 2.22. The van der Waals surface area contributed by atoms with Crippen molar-refractivity contribution in [3.8, 4) is 0 Å². The van der Waals surface area contributed by atoms with Gasteiger partial charge in [0.05, 0.1) is 25.9 Å². The Balaban J connectivity index is 3.28. The highest BCUT2D eigenvalue weighted by molar-refractivity contribution is 5.75. The number of aliphatic hydroxyl groups excluding tert-OH is 1. The Kier molecular flexibility index (Phi) is 12.3. The monoisotopic (exact) mass is 262 g/mol. The van der Waals surface area contributed by atoms with Gasteiger partial charge in [0.1, 0.15) is 0 Å². The van der Waals surface area contributed by atoms with Gasteiger partial charge in [0.2, 0.25) is 5.91 Å². The number of rotatable bonds is 12. The lowest BCUT2D eigenvalue weighted by molar-refractivity contribution is -0.121. The van der Waals surface area contributed by atoms with Gasteiger partial charge < -0.3 is 25.2 Å². The first-order valence-corrected chi connectivity index (χ1v) is 6.42. The molecule has 0 aromatic carbocycles. The molecule has 0 saturated heterocycles. The summed E-state index contributed by atoms with van der Waals surface area (Å²) in [5, 5.41) is 15.3. The van der Waals surface area contributed by atoms with Gasteiger partial charge in [0.15, 0.2) is 0 Å². The lowest BCUT2D eigenvalue weighted by Crippen LogP contribution is -2.34. The number of amides is 1. The minimum absolute atomic E-state index is 0.0372. The molecule has 18 heavy (non-hydrogen) atoms. The Hall–Kier alpha value is -0.690. The van der Waals surface area contributed by atoms with E-state index in [0.717, 1.165) is 13.0 Å². The maximum atomic E-state index is 11.2. The number of nitrogens with one attached hydrogen (secondary N) is 2. The van der Waals surface area contributed by atoms with Gasteiger partial charge in [-0.3, -0.25) is 4.79 Å². The van der Waals surface area contributed by atoms with Crippen molar-refractivity contribution < 1.29 is 19.4 Å². The fraction of sp³-hybridized carbons (Fsp3) is 0.917. The molecule has 6 heteroatoms. The zero-order chi connectivity index (χ0) is 13.6. The highest BCUT2D eigenvalue weighted by Gasteiger charge is 2.04. The number of carbonyl (C=O) groups is 1. The van der Waals surface area contributed by atoms with Gasteiger partial charge in [0.25, 0.3) is 0 Å².